The first kappa shape index (κ1) is 19.2. The Labute approximate surface area is 137 Å². The van der Waals surface area contributed by atoms with Gasteiger partial charge in [0.1, 0.15) is 5.60 Å². The highest BCUT2D eigenvalue weighted by Crippen LogP contribution is 2.11. The molecule has 0 aliphatic heterocycles. The van der Waals surface area contributed by atoms with E-state index >= 15 is 0 Å². The van der Waals surface area contributed by atoms with Crippen LogP contribution in [-0.2, 0) is 30.2 Å². The topological polar surface area (TPSA) is 61.8 Å². The molecule has 0 aromatic heterocycles. The summed E-state index contributed by atoms with van der Waals surface area (Å²) >= 11 is 0. The molecule has 0 aliphatic rings. The molecule has 0 saturated heterocycles. The Hall–Kier alpha value is -1.88. The maximum absolute atomic E-state index is 11.8. The molecule has 1 rings (SSSR count). The molecule has 128 valence electrons. The van der Waals surface area contributed by atoms with Gasteiger partial charge < -0.3 is 14.2 Å². The van der Waals surface area contributed by atoms with Gasteiger partial charge in [-0.1, -0.05) is 30.3 Å². The van der Waals surface area contributed by atoms with Crippen LogP contribution in [0.25, 0.3) is 0 Å². The molecule has 0 saturated carbocycles. The number of rotatable bonds is 8. The summed E-state index contributed by atoms with van der Waals surface area (Å²) in [5, 5.41) is 0. The monoisotopic (exact) mass is 322 g/mol. The summed E-state index contributed by atoms with van der Waals surface area (Å²) in [7, 11) is 1.34. The van der Waals surface area contributed by atoms with E-state index < -0.39 is 17.7 Å². The van der Waals surface area contributed by atoms with Crippen molar-refractivity contribution in [3.05, 3.63) is 35.9 Å². The van der Waals surface area contributed by atoms with Crippen molar-refractivity contribution in [1.82, 2.24) is 0 Å². The Morgan fingerprint density at radius 2 is 1.78 bits per heavy atom. The lowest BCUT2D eigenvalue weighted by atomic mass is 10.1. The van der Waals surface area contributed by atoms with Gasteiger partial charge in [0.25, 0.3) is 0 Å². The molecule has 0 fully saturated rings. The minimum absolute atomic E-state index is 0.260. The van der Waals surface area contributed by atoms with Gasteiger partial charge in [0, 0.05) is 19.4 Å². The van der Waals surface area contributed by atoms with E-state index in [4.69, 9.17) is 14.2 Å². The van der Waals surface area contributed by atoms with Gasteiger partial charge in [-0.3, -0.25) is 4.79 Å². The molecule has 0 radical (unpaired) electrons. The van der Waals surface area contributed by atoms with Gasteiger partial charge in [-0.05, 0) is 32.8 Å². The summed E-state index contributed by atoms with van der Waals surface area (Å²) in [4.78, 5) is 23.4. The van der Waals surface area contributed by atoms with Crippen molar-refractivity contribution in [3.8, 4) is 0 Å². The molecular weight excluding hydrogens is 296 g/mol. The maximum atomic E-state index is 11.8. The summed E-state index contributed by atoms with van der Waals surface area (Å²) in [5.74, 6) is -0.676. The molecular formula is C18H26O5. The third-order valence-electron chi connectivity index (χ3n) is 2.99. The van der Waals surface area contributed by atoms with Gasteiger partial charge in [-0.2, -0.15) is 0 Å². The van der Waals surface area contributed by atoms with Crippen molar-refractivity contribution in [2.75, 3.05) is 13.7 Å². The van der Waals surface area contributed by atoms with Gasteiger partial charge in [-0.25, -0.2) is 4.79 Å². The highest BCUT2D eigenvalue weighted by molar-refractivity contribution is 5.75. The second-order valence-corrected chi connectivity index (χ2v) is 6.26. The zero-order valence-corrected chi connectivity index (χ0v) is 14.3. The number of ether oxygens (including phenoxy) is 3. The summed E-state index contributed by atoms with van der Waals surface area (Å²) in [6, 6.07) is 9.59. The van der Waals surface area contributed by atoms with Crippen LogP contribution < -0.4 is 0 Å². The first-order chi connectivity index (χ1) is 10.8. The second-order valence-electron chi connectivity index (χ2n) is 6.26. The van der Waals surface area contributed by atoms with Crippen LogP contribution in [0.3, 0.4) is 0 Å². The Morgan fingerprint density at radius 3 is 2.35 bits per heavy atom. The average Bonchev–Trinajstić information content (AvgIpc) is 2.48. The van der Waals surface area contributed by atoms with Crippen LogP contribution >= 0.6 is 0 Å². The molecule has 0 heterocycles. The first-order valence-electron chi connectivity index (χ1n) is 7.77. The largest absolute Gasteiger partial charge is 0.467 e. The lowest BCUT2D eigenvalue weighted by molar-refractivity contribution is -0.156. The third kappa shape index (κ3) is 8.35. The summed E-state index contributed by atoms with van der Waals surface area (Å²) in [5.41, 5.74) is 0.509. The van der Waals surface area contributed by atoms with Crippen molar-refractivity contribution in [2.24, 2.45) is 0 Å². The maximum Gasteiger partial charge on any atom is 0.335 e. The molecule has 23 heavy (non-hydrogen) atoms. The van der Waals surface area contributed by atoms with Gasteiger partial charge in [0.15, 0.2) is 6.10 Å². The van der Waals surface area contributed by atoms with E-state index in [9.17, 15) is 9.59 Å². The zero-order chi connectivity index (χ0) is 17.3. The van der Waals surface area contributed by atoms with Crippen molar-refractivity contribution in [1.29, 1.82) is 0 Å². The predicted molar refractivity (Wildman–Crippen MR) is 87.0 cm³/mol. The van der Waals surface area contributed by atoms with Crippen LogP contribution in [0.5, 0.6) is 0 Å². The number of carbonyl (C=O) groups excluding carboxylic acids is 2. The van der Waals surface area contributed by atoms with Crippen molar-refractivity contribution >= 4 is 11.9 Å². The van der Waals surface area contributed by atoms with Crippen LogP contribution in [0.2, 0.25) is 0 Å². The summed E-state index contributed by atoms with van der Waals surface area (Å²) < 4.78 is 15.6. The van der Waals surface area contributed by atoms with E-state index in [1.54, 1.807) is 0 Å². The van der Waals surface area contributed by atoms with E-state index in [1.165, 1.54) is 7.11 Å². The molecule has 0 aliphatic carbocycles. The van der Waals surface area contributed by atoms with E-state index in [1.807, 2.05) is 51.1 Å². The lowest BCUT2D eigenvalue weighted by Crippen LogP contribution is -2.29. The first-order valence-corrected chi connectivity index (χ1v) is 7.77. The zero-order valence-electron chi connectivity index (χ0n) is 14.3. The minimum atomic E-state index is -0.666. The number of carbonyl (C=O) groups is 2. The summed E-state index contributed by atoms with van der Waals surface area (Å²) in [6.45, 7) is 5.78. The second kappa shape index (κ2) is 9.30. The number of hydrogen-bond donors (Lipinski definition) is 0. The van der Waals surface area contributed by atoms with E-state index in [-0.39, 0.29) is 12.4 Å². The molecule has 0 amide bonds. The van der Waals surface area contributed by atoms with Crippen molar-refractivity contribution in [3.63, 3.8) is 0 Å². The Bertz CT molecular complexity index is 490. The fraction of sp³-hybridized carbons (Fsp3) is 0.556. The molecule has 1 atom stereocenters. The van der Waals surface area contributed by atoms with Crippen LogP contribution in [0.1, 0.15) is 39.2 Å². The molecule has 5 nitrogen and oxygen atoms in total. The SMILES string of the molecule is COC(=O)C(Cc1ccccc1)OCCCC(=O)OC(C)(C)C. The Balaban J connectivity index is 2.40. The van der Waals surface area contributed by atoms with Gasteiger partial charge in [0.05, 0.1) is 7.11 Å². The standard InChI is InChI=1S/C18H26O5/c1-18(2,3)23-16(19)11-8-12-22-15(17(20)21-4)13-14-9-6-5-7-10-14/h5-7,9-10,15H,8,11-13H2,1-4H3. The van der Waals surface area contributed by atoms with Gasteiger partial charge in [-0.15, -0.1) is 0 Å². The Morgan fingerprint density at radius 1 is 1.13 bits per heavy atom. The summed E-state index contributed by atoms with van der Waals surface area (Å²) in [6.07, 6.45) is 0.536. The average molecular weight is 322 g/mol. The van der Waals surface area contributed by atoms with Gasteiger partial charge >= 0.3 is 11.9 Å². The van der Waals surface area contributed by atoms with Crippen LogP contribution in [0.15, 0.2) is 30.3 Å². The van der Waals surface area contributed by atoms with Crippen LogP contribution in [-0.4, -0.2) is 37.4 Å². The molecule has 1 unspecified atom stereocenters. The normalized spacial score (nSPS) is 12.5. The Kier molecular flexibility index (Phi) is 7.75. The van der Waals surface area contributed by atoms with Crippen LogP contribution in [0, 0.1) is 0 Å². The lowest BCUT2D eigenvalue weighted by Gasteiger charge is -2.19. The fourth-order valence-corrected chi connectivity index (χ4v) is 2.00. The highest BCUT2D eigenvalue weighted by atomic mass is 16.6. The molecule has 0 N–H and O–H groups in total. The molecule has 0 bridgehead atoms. The van der Waals surface area contributed by atoms with Gasteiger partial charge in [0.2, 0.25) is 0 Å². The third-order valence-corrected chi connectivity index (χ3v) is 2.99. The molecule has 0 spiro atoms. The van der Waals surface area contributed by atoms with E-state index in [0.29, 0.717) is 19.4 Å². The smallest absolute Gasteiger partial charge is 0.335 e. The van der Waals surface area contributed by atoms with E-state index in [0.717, 1.165) is 5.56 Å². The predicted octanol–water partition coefficient (Wildman–Crippen LogP) is 2.91. The molecule has 5 heteroatoms. The number of esters is 2. The van der Waals surface area contributed by atoms with Crippen molar-refractivity contribution < 1.29 is 23.8 Å². The number of benzene rings is 1. The minimum Gasteiger partial charge on any atom is -0.467 e. The van der Waals surface area contributed by atoms with Crippen LogP contribution in [0.4, 0.5) is 0 Å². The number of hydrogen-bond acceptors (Lipinski definition) is 5. The van der Waals surface area contributed by atoms with Crippen molar-refractivity contribution in [2.45, 2.75) is 51.7 Å². The highest BCUT2D eigenvalue weighted by Gasteiger charge is 2.21. The fourth-order valence-electron chi connectivity index (χ4n) is 2.00. The molecule has 1 aromatic rings. The van der Waals surface area contributed by atoms with E-state index in [2.05, 4.69) is 0 Å². The number of methoxy groups -OCH3 is 1. The molecule has 1 aromatic carbocycles. The quantitative estimate of drug-likeness (QED) is 0.544.